The molecule has 3 radical (unpaired) electrons. The summed E-state index contributed by atoms with van der Waals surface area (Å²) in [6, 6.07) is 62.6. The summed E-state index contributed by atoms with van der Waals surface area (Å²) in [7, 11) is 0. The van der Waals surface area contributed by atoms with E-state index in [1.165, 1.54) is 40.1 Å². The molecule has 2 N–H and O–H groups in total. The van der Waals surface area contributed by atoms with E-state index in [1.807, 2.05) is 116 Å². The van der Waals surface area contributed by atoms with E-state index in [2.05, 4.69) is 99.7 Å². The minimum atomic E-state index is -0.537. The topological polar surface area (TPSA) is 92.0 Å². The summed E-state index contributed by atoms with van der Waals surface area (Å²) < 4.78 is 0. The van der Waals surface area contributed by atoms with Crippen molar-refractivity contribution in [3.8, 4) is 22.5 Å². The molecule has 10 aromatic rings. The van der Waals surface area contributed by atoms with Crippen LogP contribution >= 0.6 is 0 Å². The molecule has 0 aliphatic carbocycles. The molecule has 1 atom stereocenters. The zero-order chi connectivity index (χ0) is 41.1. The summed E-state index contributed by atoms with van der Waals surface area (Å²) in [5, 5.41) is 23.9. The molecule has 0 fully saturated rings. The van der Waals surface area contributed by atoms with Gasteiger partial charge in [-0.3, -0.25) is 15.0 Å². The van der Waals surface area contributed by atoms with Gasteiger partial charge in [-0.2, -0.15) is 0 Å². The molecule has 7 aromatic carbocycles. The molecule has 62 heavy (non-hydrogen) atoms. The number of fused-ring (bicyclic) bond motifs is 8. The number of para-hydroxylation sites is 2. The first-order valence-corrected chi connectivity index (χ1v) is 19.4. The van der Waals surface area contributed by atoms with Crippen LogP contribution in [0.5, 0.6) is 0 Å². The number of aliphatic hydroxyl groups excluding tert-OH is 2. The molecule has 3 heterocycles. The fourth-order valence-electron chi connectivity index (χ4n) is 6.79. The smallest absolute Gasteiger partial charge is 0.0877 e. The van der Waals surface area contributed by atoms with Crippen LogP contribution in [-0.2, 0) is 60.3 Å². The van der Waals surface area contributed by atoms with E-state index in [0.717, 1.165) is 61.0 Å². The Balaban J connectivity index is 0.000000186. The predicted molar refractivity (Wildman–Crippen MR) is 243 cm³/mol. The quantitative estimate of drug-likeness (QED) is 0.104. The molecule has 0 saturated carbocycles. The monoisotopic (exact) mass is 1350 g/mol. The second-order valence-corrected chi connectivity index (χ2v) is 14.0. The molecule has 0 saturated heterocycles. The van der Waals surface area contributed by atoms with Crippen molar-refractivity contribution in [2.45, 2.75) is 33.8 Å². The molecule has 6 nitrogen and oxygen atoms in total. The molecular formula is C53H43Ir3N4O2-3. The Bertz CT molecular complexity index is 3000. The standard InChI is InChI=1S/C17H11N2.C16H12N.C15H10N.C5H10O2.3Ir/c1-11-10-18-16-14-8-4-2-6-12(14)13-7-3-5-9-15(13)17(16)19-11;1-12-11-16(13-7-3-2-4-8-13)17-15-10-6-5-9-14(12)15;1-2-6-12(7-3-1)15-11-10-13-8-4-5-9-14(13)16-15;1-4(6)3-5(2)7;;;/h2-7,9-10H,1H3;2-7,9-11H,1H3;1-6,8-11H;3-4,6-7H,1-2H3;;;/q3*-1;;;;. The van der Waals surface area contributed by atoms with E-state index in [0.29, 0.717) is 0 Å². The number of hydrogen-bond donors (Lipinski definition) is 2. The van der Waals surface area contributed by atoms with Gasteiger partial charge in [-0.1, -0.05) is 89.6 Å². The van der Waals surface area contributed by atoms with Crippen molar-refractivity contribution in [2.24, 2.45) is 0 Å². The Kier molecular flexibility index (Phi) is 18.9. The molecule has 0 bridgehead atoms. The van der Waals surface area contributed by atoms with Gasteiger partial charge in [0.15, 0.2) is 0 Å². The molecule has 0 amide bonds. The number of aryl methyl sites for hydroxylation is 2. The Morgan fingerprint density at radius 2 is 1.13 bits per heavy atom. The Morgan fingerprint density at radius 3 is 1.77 bits per heavy atom. The third-order valence-corrected chi connectivity index (χ3v) is 9.43. The van der Waals surface area contributed by atoms with Gasteiger partial charge in [0.2, 0.25) is 0 Å². The summed E-state index contributed by atoms with van der Waals surface area (Å²) in [4.78, 5) is 18.5. The summed E-state index contributed by atoms with van der Waals surface area (Å²) in [5.41, 5.74) is 10.2. The van der Waals surface area contributed by atoms with Crippen LogP contribution in [0.3, 0.4) is 0 Å². The SMILES string of the molecule is CC(O)=CC(C)O.Cc1cc(-c2[c-]cccc2)nc2ccccc12.Cc1cnc2c3[c-]cccc3c3ccccc3c2n1.[Ir].[Ir].[Ir].[c-]1ccccc1-c1ccc2ccccc2n1. The van der Waals surface area contributed by atoms with Crippen molar-refractivity contribution in [2.75, 3.05) is 0 Å². The number of benzene rings is 7. The molecule has 3 aromatic heterocycles. The van der Waals surface area contributed by atoms with Crippen molar-refractivity contribution < 1.29 is 70.5 Å². The van der Waals surface area contributed by atoms with E-state index < -0.39 is 6.10 Å². The van der Waals surface area contributed by atoms with Gasteiger partial charge in [0.1, 0.15) is 0 Å². The third kappa shape index (κ3) is 12.4. The van der Waals surface area contributed by atoms with Crippen molar-refractivity contribution in [1.82, 2.24) is 19.9 Å². The minimum Gasteiger partial charge on any atom is -0.513 e. The summed E-state index contributed by atoms with van der Waals surface area (Å²) in [6.45, 7) is 7.20. The second-order valence-electron chi connectivity index (χ2n) is 14.0. The van der Waals surface area contributed by atoms with Crippen molar-refractivity contribution in [3.63, 3.8) is 0 Å². The number of rotatable bonds is 3. The van der Waals surface area contributed by atoms with Crippen molar-refractivity contribution in [3.05, 3.63) is 205 Å². The maximum Gasteiger partial charge on any atom is 0.0877 e. The summed E-state index contributed by atoms with van der Waals surface area (Å²) in [6.07, 6.45) is 2.64. The molecule has 0 spiro atoms. The van der Waals surface area contributed by atoms with Gasteiger partial charge >= 0.3 is 0 Å². The van der Waals surface area contributed by atoms with Crippen LogP contribution in [0.4, 0.5) is 0 Å². The first-order valence-electron chi connectivity index (χ1n) is 19.4. The van der Waals surface area contributed by atoms with Crippen LogP contribution in [0.15, 0.2) is 176 Å². The predicted octanol–water partition coefficient (Wildman–Crippen LogP) is 12.6. The molecule has 10 rings (SSSR count). The van der Waals surface area contributed by atoms with E-state index in [1.54, 1.807) is 6.92 Å². The van der Waals surface area contributed by atoms with E-state index >= 15 is 0 Å². The zero-order valence-electron chi connectivity index (χ0n) is 34.4. The van der Waals surface area contributed by atoms with Crippen LogP contribution in [-0.4, -0.2) is 36.3 Å². The third-order valence-electron chi connectivity index (χ3n) is 9.43. The van der Waals surface area contributed by atoms with Crippen LogP contribution < -0.4 is 0 Å². The first-order chi connectivity index (χ1) is 28.7. The largest absolute Gasteiger partial charge is 0.513 e. The van der Waals surface area contributed by atoms with Gasteiger partial charge in [-0.25, -0.2) is 0 Å². The van der Waals surface area contributed by atoms with Gasteiger partial charge in [-0.15, -0.1) is 101 Å². The second kappa shape index (κ2) is 23.8. The van der Waals surface area contributed by atoms with Crippen LogP contribution in [0.1, 0.15) is 25.1 Å². The maximum atomic E-state index is 8.49. The van der Waals surface area contributed by atoms with Gasteiger partial charge in [0, 0.05) is 77.4 Å². The molecule has 0 aliphatic rings. The minimum absolute atomic E-state index is 0. The van der Waals surface area contributed by atoms with Crippen molar-refractivity contribution >= 4 is 54.4 Å². The average Bonchev–Trinajstić information content (AvgIpc) is 3.27. The number of nitrogens with zero attached hydrogens (tertiary/aromatic N) is 4. The first kappa shape index (κ1) is 49.3. The summed E-state index contributed by atoms with van der Waals surface area (Å²) >= 11 is 0. The van der Waals surface area contributed by atoms with Crippen LogP contribution in [0, 0.1) is 32.0 Å². The van der Waals surface area contributed by atoms with Gasteiger partial charge in [0.05, 0.1) is 34.1 Å². The Hall–Kier alpha value is -5.33. The van der Waals surface area contributed by atoms with Crippen LogP contribution in [0.2, 0.25) is 0 Å². The number of aromatic nitrogens is 4. The molecule has 1 unspecified atom stereocenters. The Morgan fingerprint density at radius 1 is 0.565 bits per heavy atom. The average molecular weight is 1340 g/mol. The number of allylic oxidation sites excluding steroid dienone is 1. The summed E-state index contributed by atoms with van der Waals surface area (Å²) in [5.74, 6) is 0.162. The van der Waals surface area contributed by atoms with Crippen LogP contribution in [0.25, 0.3) is 76.9 Å². The fraction of sp³-hybridized carbons (Fsp3) is 0.0943. The van der Waals surface area contributed by atoms with E-state index in [-0.39, 0.29) is 66.1 Å². The number of hydrogen-bond acceptors (Lipinski definition) is 6. The molecule has 0 aliphatic heterocycles. The van der Waals surface area contributed by atoms with Crippen molar-refractivity contribution in [1.29, 1.82) is 0 Å². The van der Waals surface area contributed by atoms with Gasteiger partial charge in [0.25, 0.3) is 0 Å². The number of pyridine rings is 2. The van der Waals surface area contributed by atoms with E-state index in [4.69, 9.17) is 10.2 Å². The van der Waals surface area contributed by atoms with Gasteiger partial charge in [-0.05, 0) is 73.6 Å². The maximum absolute atomic E-state index is 8.49. The molecular weight excluding hydrogens is 1300 g/mol. The fourth-order valence-corrected chi connectivity index (χ4v) is 6.79. The van der Waals surface area contributed by atoms with E-state index in [9.17, 15) is 0 Å². The zero-order valence-corrected chi connectivity index (χ0v) is 41.6. The molecule has 9 heteroatoms. The molecule has 317 valence electrons. The van der Waals surface area contributed by atoms with Gasteiger partial charge < -0.3 is 15.2 Å². The number of aliphatic hydroxyl groups is 2. The normalized spacial score (nSPS) is 11.0. The Labute approximate surface area is 403 Å².